The van der Waals surface area contributed by atoms with Crippen molar-refractivity contribution >= 4 is 23.9 Å². The predicted octanol–water partition coefficient (Wildman–Crippen LogP) is 2.04. The van der Waals surface area contributed by atoms with Crippen LogP contribution in [0.5, 0.6) is 0 Å². The van der Waals surface area contributed by atoms with Gasteiger partial charge in [0.05, 0.1) is 18.5 Å². The van der Waals surface area contributed by atoms with Crippen molar-refractivity contribution in [2.45, 2.75) is 110 Å². The molecule has 0 aliphatic heterocycles. The average Bonchev–Trinajstić information content (AvgIpc) is 3.15. The first kappa shape index (κ1) is 28.8. The molecule has 0 aromatic rings. The van der Waals surface area contributed by atoms with Crippen LogP contribution in [0.15, 0.2) is 10.1 Å². The number of fused-ring (bicyclic) bond motifs is 2. The van der Waals surface area contributed by atoms with Gasteiger partial charge < -0.3 is 37.2 Å². The number of aliphatic imine (C=N–C) groups is 1. The fourth-order valence-corrected chi connectivity index (χ4v) is 6.71. The van der Waals surface area contributed by atoms with Crippen LogP contribution in [-0.4, -0.2) is 53.7 Å². The lowest BCUT2D eigenvalue weighted by molar-refractivity contribution is -0.222. The van der Waals surface area contributed by atoms with E-state index in [1.165, 1.54) is 12.8 Å². The Morgan fingerprint density at radius 1 is 1.14 bits per heavy atom. The molecule has 0 spiro atoms. The van der Waals surface area contributed by atoms with Crippen molar-refractivity contribution in [2.75, 3.05) is 6.61 Å². The van der Waals surface area contributed by atoms with E-state index in [1.807, 2.05) is 0 Å². The van der Waals surface area contributed by atoms with Gasteiger partial charge in [0.15, 0.2) is 0 Å². The summed E-state index contributed by atoms with van der Waals surface area (Å²) in [7, 11) is 0. The molecule has 0 heterocycles. The van der Waals surface area contributed by atoms with Gasteiger partial charge in [0.2, 0.25) is 5.96 Å². The van der Waals surface area contributed by atoms with Crippen LogP contribution in [0, 0.1) is 22.7 Å². The molecule has 37 heavy (non-hydrogen) atoms. The van der Waals surface area contributed by atoms with Crippen LogP contribution in [0.1, 0.15) is 91.4 Å². The lowest BCUT2D eigenvalue weighted by Gasteiger charge is -2.39. The zero-order chi connectivity index (χ0) is 27.2. The van der Waals surface area contributed by atoms with Crippen LogP contribution in [-0.2, 0) is 9.63 Å². The second kappa shape index (κ2) is 12.2. The van der Waals surface area contributed by atoms with E-state index < -0.39 is 24.1 Å². The Labute approximate surface area is 219 Å². The molecule has 7 N–H and O–H groups in total. The van der Waals surface area contributed by atoms with Crippen LogP contribution in [0.4, 0.5) is 4.79 Å². The minimum Gasteiger partial charge on any atom is -0.861 e. The van der Waals surface area contributed by atoms with E-state index in [0.29, 0.717) is 18.3 Å². The third-order valence-electron chi connectivity index (χ3n) is 9.41. The third kappa shape index (κ3) is 7.19. The van der Waals surface area contributed by atoms with E-state index in [0.717, 1.165) is 38.5 Å². The Bertz CT molecular complexity index is 868. The molecule has 5 atom stereocenters. The number of carbonyl (C=O) groups excluding carboxylic acids is 1. The van der Waals surface area contributed by atoms with Crippen LogP contribution >= 0.6 is 0 Å². The molecule has 2 amide bonds. The molecule has 3 saturated carbocycles. The van der Waals surface area contributed by atoms with E-state index in [1.54, 1.807) is 0 Å². The first-order valence-corrected chi connectivity index (χ1v) is 13.7. The highest BCUT2D eigenvalue weighted by molar-refractivity contribution is 5.85. The summed E-state index contributed by atoms with van der Waals surface area (Å²) in [5.74, 6) is -0.676. The molecule has 210 valence electrons. The minimum atomic E-state index is -1.07. The number of amides is 2. The van der Waals surface area contributed by atoms with Gasteiger partial charge in [0.25, 0.3) is 0 Å². The van der Waals surface area contributed by atoms with Crippen molar-refractivity contribution < 1.29 is 24.6 Å². The molecule has 0 radical (unpaired) electrons. The number of nitrogens with one attached hydrogen (secondary N) is 2. The first-order chi connectivity index (χ1) is 17.4. The number of carboxylic acid groups (broad SMARTS) is 1. The van der Waals surface area contributed by atoms with Crippen molar-refractivity contribution in [1.29, 1.82) is 0 Å². The van der Waals surface area contributed by atoms with Crippen molar-refractivity contribution in [3.63, 3.8) is 0 Å². The average molecular weight is 522 g/mol. The van der Waals surface area contributed by atoms with Crippen molar-refractivity contribution in [3.8, 4) is 0 Å². The molecule has 3 rings (SSSR count). The number of nitrogens with two attached hydrogens (primary N) is 2. The van der Waals surface area contributed by atoms with Gasteiger partial charge in [0.1, 0.15) is 6.61 Å². The Morgan fingerprint density at radius 3 is 2.41 bits per heavy atom. The lowest BCUT2D eigenvalue weighted by Crippen LogP contribution is -2.53. The smallest absolute Gasteiger partial charge is 0.315 e. The predicted molar refractivity (Wildman–Crippen MR) is 140 cm³/mol. The molecule has 0 saturated heterocycles. The fraction of sp³-hybridized carbons (Fsp3) is 0.846. The van der Waals surface area contributed by atoms with Gasteiger partial charge in [-0.05, 0) is 59.4 Å². The quantitative estimate of drug-likeness (QED) is 0.112. The van der Waals surface area contributed by atoms with Gasteiger partial charge in [-0.15, -0.1) is 0 Å². The molecule has 3 unspecified atom stereocenters. The summed E-state index contributed by atoms with van der Waals surface area (Å²) in [5.41, 5.74) is 10.6. The largest absolute Gasteiger partial charge is 0.861 e. The topological polar surface area (TPSA) is 187 Å². The highest BCUT2D eigenvalue weighted by atomic mass is 16.6. The number of rotatable bonds is 12. The lowest BCUT2D eigenvalue weighted by atomic mass is 9.69. The molecule has 3 fully saturated rings. The van der Waals surface area contributed by atoms with E-state index in [2.05, 4.69) is 36.6 Å². The van der Waals surface area contributed by atoms with Gasteiger partial charge in [-0.2, -0.15) is 0 Å². The number of carboxylic acids is 1. The van der Waals surface area contributed by atoms with Gasteiger partial charge in [-0.1, -0.05) is 52.9 Å². The van der Waals surface area contributed by atoms with Gasteiger partial charge in [0, 0.05) is 12.5 Å². The van der Waals surface area contributed by atoms with Crippen molar-refractivity contribution in [3.05, 3.63) is 0 Å². The maximum absolute atomic E-state index is 13.5. The summed E-state index contributed by atoms with van der Waals surface area (Å²) < 4.78 is 0. The van der Waals surface area contributed by atoms with Crippen LogP contribution in [0.3, 0.4) is 0 Å². The zero-order valence-electron chi connectivity index (χ0n) is 22.5. The van der Waals surface area contributed by atoms with Crippen molar-refractivity contribution in [1.82, 2.24) is 10.6 Å². The van der Waals surface area contributed by atoms with Gasteiger partial charge >= 0.3 is 12.0 Å². The van der Waals surface area contributed by atoms with E-state index in [-0.39, 0.29) is 48.2 Å². The molecule has 0 aromatic heterocycles. The van der Waals surface area contributed by atoms with Crippen LogP contribution in [0.2, 0.25) is 0 Å². The summed E-state index contributed by atoms with van der Waals surface area (Å²) in [5, 5.41) is 31.7. The maximum Gasteiger partial charge on any atom is 0.315 e. The van der Waals surface area contributed by atoms with Crippen molar-refractivity contribution in [2.24, 2.45) is 44.3 Å². The summed E-state index contributed by atoms with van der Waals surface area (Å²) in [6, 6.07) is -2.09. The number of aliphatic carboxylic acids is 1. The summed E-state index contributed by atoms with van der Waals surface area (Å²) in [4.78, 5) is 33.9. The number of nitrogens with zero attached hydrogens (tertiary/aromatic N) is 2. The summed E-state index contributed by atoms with van der Waals surface area (Å²) >= 11 is 0. The number of urea groups is 1. The van der Waals surface area contributed by atoms with Gasteiger partial charge in [-0.3, -0.25) is 9.79 Å². The Morgan fingerprint density at radius 2 is 1.84 bits per heavy atom. The number of oxime groups is 1. The van der Waals surface area contributed by atoms with E-state index >= 15 is 0 Å². The zero-order valence-corrected chi connectivity index (χ0v) is 22.5. The highest BCUT2D eigenvalue weighted by Crippen LogP contribution is 2.66. The van der Waals surface area contributed by atoms with Gasteiger partial charge in [-0.25, -0.2) is 4.79 Å². The number of hydrogen-bond acceptors (Lipinski definition) is 6. The fourth-order valence-electron chi connectivity index (χ4n) is 6.71. The van der Waals surface area contributed by atoms with E-state index in [9.17, 15) is 19.8 Å². The van der Waals surface area contributed by atoms with Crippen LogP contribution in [0.25, 0.3) is 0 Å². The molecule has 2 bridgehead atoms. The molecule has 3 aliphatic carbocycles. The highest BCUT2D eigenvalue weighted by Gasteiger charge is 2.61. The third-order valence-corrected chi connectivity index (χ3v) is 9.41. The minimum absolute atomic E-state index is 0.0209. The molecule has 11 heteroatoms. The Kier molecular flexibility index (Phi) is 9.52. The van der Waals surface area contributed by atoms with Crippen LogP contribution < -0.4 is 27.2 Å². The molecule has 0 aromatic carbocycles. The molecule has 11 nitrogen and oxygen atoms in total. The second-order valence-electron chi connectivity index (χ2n) is 11.9. The van der Waals surface area contributed by atoms with E-state index in [4.69, 9.17) is 21.3 Å². The monoisotopic (exact) mass is 521 g/mol. The normalized spacial score (nSPS) is 28.8. The Hall–Kier alpha value is -2.72. The number of guanidine groups is 1. The molecular formula is C26H45N6O5-. The second-order valence-corrected chi connectivity index (χ2v) is 11.9. The summed E-state index contributed by atoms with van der Waals surface area (Å²) in [6.07, 6.45) is 9.09. The Balaban J connectivity index is 1.69. The SMILES string of the molecule is CC1(C)C2CC[C@@]1(C)C(N=C([O-])[C@@H](CC1CCCCC1)NC(=O)NC(CCON=C(N)N)CC(=O)O)C2. The number of carbonyl (C=O) groups is 2. The number of hydrogen-bond donors (Lipinski definition) is 5. The molecular weight excluding hydrogens is 476 g/mol. The standard InChI is InChI=1S/C26H46N6O5/c1-25(2)17-9-11-26(25,3)20(14-17)31-22(35)19(13-16-7-5-4-6-8-16)30-24(36)29-18(15-21(33)34)10-12-37-32-23(27)28/h16-20H,4-15H2,1-3H3,(H,31,35)(H,33,34)(H4,27,28,32)(H2,29,30,36)/p-1/t17?,18?,19-,20?,26+/m1/s1. The maximum atomic E-state index is 13.5. The first-order valence-electron chi connectivity index (χ1n) is 13.7. The molecule has 3 aliphatic rings. The summed E-state index contributed by atoms with van der Waals surface area (Å²) in [6.45, 7) is 6.84.